The maximum absolute atomic E-state index is 12.8. The van der Waals surface area contributed by atoms with Gasteiger partial charge in [0, 0.05) is 23.5 Å². The number of ether oxygens (including phenoxy) is 1. The molecule has 0 bridgehead atoms. The Bertz CT molecular complexity index is 1090. The maximum atomic E-state index is 12.8. The highest BCUT2D eigenvalue weighted by Gasteiger charge is 2.27. The highest BCUT2D eigenvalue weighted by Crippen LogP contribution is 2.32. The van der Waals surface area contributed by atoms with Crippen LogP contribution in [-0.4, -0.2) is 50.8 Å². The van der Waals surface area contributed by atoms with Crippen molar-refractivity contribution in [2.24, 2.45) is 5.92 Å². The number of rotatable bonds is 4. The Morgan fingerprint density at radius 2 is 1.87 bits per heavy atom. The molecule has 1 aliphatic carbocycles. The number of thiophene rings is 1. The van der Waals surface area contributed by atoms with Crippen LogP contribution in [0.25, 0.3) is 0 Å². The lowest BCUT2D eigenvalue weighted by Gasteiger charge is -2.26. The lowest BCUT2D eigenvalue weighted by atomic mass is 9.90. The van der Waals surface area contributed by atoms with E-state index in [0.29, 0.717) is 24.0 Å². The molecule has 2 aromatic rings. The molecule has 0 saturated carbocycles. The third-order valence-electron chi connectivity index (χ3n) is 5.55. The number of morpholine rings is 1. The van der Waals surface area contributed by atoms with Crippen molar-refractivity contribution in [3.63, 3.8) is 0 Å². The Morgan fingerprint density at radius 3 is 2.65 bits per heavy atom. The quantitative estimate of drug-likeness (QED) is 0.675. The summed E-state index contributed by atoms with van der Waals surface area (Å²) in [5, 5.41) is 0. The molecule has 1 atom stereocenters. The van der Waals surface area contributed by atoms with E-state index in [4.69, 9.17) is 4.74 Å². The minimum atomic E-state index is -3.71. The molecule has 2 heterocycles. The Labute approximate surface area is 185 Å². The number of amides is 2. The fraction of sp³-hybridized carbons (Fsp3) is 0.429. The van der Waals surface area contributed by atoms with E-state index in [1.54, 1.807) is 0 Å². The zero-order chi connectivity index (χ0) is 22.0. The van der Waals surface area contributed by atoms with Crippen molar-refractivity contribution in [3.05, 3.63) is 51.2 Å². The first-order chi connectivity index (χ1) is 14.8. The summed E-state index contributed by atoms with van der Waals surface area (Å²) in [5.41, 5.74) is 6.18. The summed E-state index contributed by atoms with van der Waals surface area (Å²) in [6.07, 6.45) is 3.07. The number of fused-ring (bicyclic) bond motifs is 1. The maximum Gasteiger partial charge on any atom is 0.279 e. The lowest BCUT2D eigenvalue weighted by Crippen LogP contribution is -2.42. The number of aryl methyl sites for hydroxylation is 1. The smallest absolute Gasteiger partial charge is 0.279 e. The summed E-state index contributed by atoms with van der Waals surface area (Å²) in [4.78, 5) is 26.8. The average molecular weight is 464 g/mol. The molecule has 4 rings (SSSR count). The van der Waals surface area contributed by atoms with E-state index in [0.717, 1.165) is 19.3 Å². The van der Waals surface area contributed by atoms with Crippen molar-refractivity contribution in [1.29, 1.82) is 0 Å². The number of benzene rings is 1. The van der Waals surface area contributed by atoms with Crippen molar-refractivity contribution in [1.82, 2.24) is 15.2 Å². The monoisotopic (exact) mass is 463 g/mol. The van der Waals surface area contributed by atoms with Crippen molar-refractivity contribution in [3.8, 4) is 0 Å². The molecule has 31 heavy (non-hydrogen) atoms. The predicted octanol–water partition coefficient (Wildman–Crippen LogP) is 1.97. The number of hydrogen-bond acceptors (Lipinski definition) is 6. The van der Waals surface area contributed by atoms with E-state index in [2.05, 4.69) is 17.8 Å². The lowest BCUT2D eigenvalue weighted by molar-refractivity contribution is 0.0730. The average Bonchev–Trinajstić information content (AvgIpc) is 3.21. The van der Waals surface area contributed by atoms with Crippen LogP contribution >= 0.6 is 11.3 Å². The zero-order valence-electron chi connectivity index (χ0n) is 17.2. The van der Waals surface area contributed by atoms with Gasteiger partial charge in [0.25, 0.3) is 11.8 Å². The number of nitrogens with zero attached hydrogens (tertiary/aromatic N) is 1. The summed E-state index contributed by atoms with van der Waals surface area (Å²) < 4.78 is 32.2. The van der Waals surface area contributed by atoms with Gasteiger partial charge in [-0.05, 0) is 55.0 Å². The van der Waals surface area contributed by atoms with Crippen LogP contribution in [0.3, 0.4) is 0 Å². The van der Waals surface area contributed by atoms with Crippen molar-refractivity contribution in [2.45, 2.75) is 31.1 Å². The second-order valence-corrected chi connectivity index (χ2v) is 10.9. The van der Waals surface area contributed by atoms with Gasteiger partial charge in [0.2, 0.25) is 10.0 Å². The predicted molar refractivity (Wildman–Crippen MR) is 116 cm³/mol. The largest absolute Gasteiger partial charge is 0.379 e. The van der Waals surface area contributed by atoms with Crippen molar-refractivity contribution in [2.75, 3.05) is 26.3 Å². The Hall–Kier alpha value is -2.27. The summed E-state index contributed by atoms with van der Waals surface area (Å²) in [7, 11) is -3.71. The third kappa shape index (κ3) is 4.82. The molecular formula is C21H25N3O5S2. The van der Waals surface area contributed by atoms with Crippen LogP contribution < -0.4 is 10.9 Å². The molecule has 8 nitrogen and oxygen atoms in total. The molecule has 166 valence electrons. The molecular weight excluding hydrogens is 438 g/mol. The fourth-order valence-electron chi connectivity index (χ4n) is 3.80. The molecule has 0 spiro atoms. The summed E-state index contributed by atoms with van der Waals surface area (Å²) in [6, 6.07) is 7.69. The van der Waals surface area contributed by atoms with Crippen molar-refractivity contribution >= 4 is 33.2 Å². The van der Waals surface area contributed by atoms with Crippen LogP contribution in [0.1, 0.15) is 43.8 Å². The number of sulfonamides is 1. The van der Waals surface area contributed by atoms with Crippen LogP contribution in [-0.2, 0) is 27.6 Å². The Balaban J connectivity index is 1.41. The van der Waals surface area contributed by atoms with E-state index < -0.39 is 15.9 Å². The van der Waals surface area contributed by atoms with Gasteiger partial charge in [-0.2, -0.15) is 4.31 Å². The van der Waals surface area contributed by atoms with Gasteiger partial charge < -0.3 is 4.74 Å². The molecule has 2 amide bonds. The Morgan fingerprint density at radius 1 is 1.13 bits per heavy atom. The summed E-state index contributed by atoms with van der Waals surface area (Å²) in [6.45, 7) is 3.44. The fourth-order valence-corrected chi connectivity index (χ4v) is 6.36. The molecule has 1 aliphatic heterocycles. The zero-order valence-corrected chi connectivity index (χ0v) is 18.9. The summed E-state index contributed by atoms with van der Waals surface area (Å²) >= 11 is 1.46. The molecule has 1 fully saturated rings. The van der Waals surface area contributed by atoms with Crippen LogP contribution in [0.2, 0.25) is 0 Å². The highest BCUT2D eigenvalue weighted by molar-refractivity contribution is 7.89. The number of nitrogens with one attached hydrogen (secondary N) is 2. The van der Waals surface area contributed by atoms with E-state index in [-0.39, 0.29) is 29.5 Å². The molecule has 1 saturated heterocycles. The molecule has 1 aromatic heterocycles. The van der Waals surface area contributed by atoms with Gasteiger partial charge in [0.05, 0.1) is 23.0 Å². The first-order valence-electron chi connectivity index (χ1n) is 10.2. The number of carbonyl (C=O) groups is 2. The molecule has 2 aliphatic rings. The van der Waals surface area contributed by atoms with Crippen LogP contribution in [0, 0.1) is 5.92 Å². The van der Waals surface area contributed by atoms with Crippen LogP contribution in [0.4, 0.5) is 0 Å². The van der Waals surface area contributed by atoms with Gasteiger partial charge in [-0.15, -0.1) is 11.3 Å². The van der Waals surface area contributed by atoms with E-state index in [9.17, 15) is 18.0 Å². The molecule has 1 aromatic carbocycles. The van der Waals surface area contributed by atoms with E-state index in [1.165, 1.54) is 50.3 Å². The van der Waals surface area contributed by atoms with Gasteiger partial charge >= 0.3 is 0 Å². The van der Waals surface area contributed by atoms with Gasteiger partial charge in [0.15, 0.2) is 0 Å². The number of hydrogen-bond donors (Lipinski definition) is 2. The first-order valence-corrected chi connectivity index (χ1v) is 12.5. The standard InChI is InChI=1S/C21H25N3O5S2/c1-14-5-6-18-16(11-14)13-19(30-18)21(26)23-22-20(25)15-3-2-4-17(12-15)31(27,28)24-7-9-29-10-8-24/h2-4,12-14H,5-11H2,1H3,(H,22,25)(H,23,26)/t14-/m0/s1. The minimum absolute atomic E-state index is 0.0356. The molecule has 0 unspecified atom stereocenters. The van der Waals surface area contributed by atoms with Gasteiger partial charge in [-0.3, -0.25) is 20.4 Å². The normalized spacial score (nSPS) is 19.5. The molecule has 10 heteroatoms. The highest BCUT2D eigenvalue weighted by atomic mass is 32.2. The van der Waals surface area contributed by atoms with E-state index in [1.807, 2.05) is 6.07 Å². The van der Waals surface area contributed by atoms with Gasteiger partial charge in [-0.1, -0.05) is 13.0 Å². The topological polar surface area (TPSA) is 105 Å². The van der Waals surface area contributed by atoms with Gasteiger partial charge in [0.1, 0.15) is 0 Å². The van der Waals surface area contributed by atoms with E-state index >= 15 is 0 Å². The Kier molecular flexibility index (Phi) is 6.42. The molecule has 2 N–H and O–H groups in total. The second-order valence-electron chi connectivity index (χ2n) is 7.86. The van der Waals surface area contributed by atoms with Crippen LogP contribution in [0.5, 0.6) is 0 Å². The van der Waals surface area contributed by atoms with Crippen LogP contribution in [0.15, 0.2) is 35.2 Å². The van der Waals surface area contributed by atoms with Gasteiger partial charge in [-0.25, -0.2) is 8.42 Å². The number of carbonyl (C=O) groups excluding carboxylic acids is 2. The van der Waals surface area contributed by atoms with Crippen molar-refractivity contribution < 1.29 is 22.7 Å². The third-order valence-corrected chi connectivity index (χ3v) is 8.68. The minimum Gasteiger partial charge on any atom is -0.379 e. The first kappa shape index (κ1) is 21.9. The number of hydrazine groups is 1. The summed E-state index contributed by atoms with van der Waals surface area (Å²) in [5.74, 6) is -0.349. The molecule has 0 radical (unpaired) electrons. The SMILES string of the molecule is C[C@H]1CCc2sc(C(=O)NNC(=O)c3cccc(S(=O)(=O)N4CCOCC4)c3)cc2C1. The second kappa shape index (κ2) is 9.07.